The van der Waals surface area contributed by atoms with E-state index in [0.717, 1.165) is 29.3 Å². The van der Waals surface area contributed by atoms with Gasteiger partial charge in [0.2, 0.25) is 0 Å². The second-order valence-corrected chi connectivity index (χ2v) is 8.25. The molecule has 4 heteroatoms. The number of allylic oxidation sites excluding steroid dienone is 1. The maximum Gasteiger partial charge on any atom is 0.146 e. The molecule has 3 heterocycles. The first kappa shape index (κ1) is 19.8. The van der Waals surface area contributed by atoms with Crippen molar-refractivity contribution in [3.63, 3.8) is 0 Å². The Labute approximate surface area is 174 Å². The second kappa shape index (κ2) is 9.34. The third-order valence-electron chi connectivity index (χ3n) is 6.25. The van der Waals surface area contributed by atoms with Gasteiger partial charge in [0.15, 0.2) is 0 Å². The predicted molar refractivity (Wildman–Crippen MR) is 120 cm³/mol. The van der Waals surface area contributed by atoms with Crippen molar-refractivity contribution in [2.24, 2.45) is 4.99 Å². The van der Waals surface area contributed by atoms with Crippen LogP contribution in [0.4, 0.5) is 0 Å². The van der Waals surface area contributed by atoms with Gasteiger partial charge in [-0.3, -0.25) is 0 Å². The van der Waals surface area contributed by atoms with Crippen LogP contribution in [-0.4, -0.2) is 22.8 Å². The third kappa shape index (κ3) is 4.58. The van der Waals surface area contributed by atoms with Gasteiger partial charge >= 0.3 is 0 Å². The molecule has 2 N–H and O–H groups in total. The minimum absolute atomic E-state index is 0.606. The highest BCUT2D eigenvalue weighted by molar-refractivity contribution is 6.11. The Kier molecular flexibility index (Phi) is 6.38. The number of fused-ring (bicyclic) bond motifs is 2. The Hall–Kier alpha value is -2.49. The molecule has 4 rings (SSSR count). The van der Waals surface area contributed by atoms with E-state index in [1.165, 1.54) is 68.3 Å². The average molecular weight is 392 g/mol. The van der Waals surface area contributed by atoms with Crippen molar-refractivity contribution < 1.29 is 4.74 Å². The zero-order valence-corrected chi connectivity index (χ0v) is 17.8. The van der Waals surface area contributed by atoms with Gasteiger partial charge in [-0.15, -0.1) is 0 Å². The number of nitrogens with zero attached hydrogens (tertiary/aromatic N) is 1. The lowest BCUT2D eigenvalue weighted by atomic mass is 9.89. The van der Waals surface area contributed by atoms with Crippen LogP contribution in [0, 0.1) is 0 Å². The maximum atomic E-state index is 5.65. The van der Waals surface area contributed by atoms with Gasteiger partial charge in [0.1, 0.15) is 11.5 Å². The van der Waals surface area contributed by atoms with Crippen LogP contribution in [0.15, 0.2) is 46.9 Å². The zero-order chi connectivity index (χ0) is 20.1. The molecule has 154 valence electrons. The molecule has 0 saturated carbocycles. The summed E-state index contributed by atoms with van der Waals surface area (Å²) in [5.74, 6) is 1.43. The highest BCUT2D eigenvalue weighted by atomic mass is 16.5. The number of hydrogen-bond acceptors (Lipinski definition) is 2. The minimum Gasteiger partial charge on any atom is -0.494 e. The van der Waals surface area contributed by atoms with E-state index >= 15 is 0 Å². The van der Waals surface area contributed by atoms with Crippen LogP contribution < -0.4 is 0 Å². The lowest BCUT2D eigenvalue weighted by Crippen LogP contribution is -1.99. The fourth-order valence-corrected chi connectivity index (χ4v) is 4.58. The van der Waals surface area contributed by atoms with Crippen LogP contribution in [0.1, 0.15) is 86.9 Å². The van der Waals surface area contributed by atoms with E-state index in [2.05, 4.69) is 29.0 Å². The highest BCUT2D eigenvalue weighted by Crippen LogP contribution is 2.33. The van der Waals surface area contributed by atoms with Crippen molar-refractivity contribution in [1.82, 2.24) is 9.97 Å². The molecule has 0 aromatic carbocycles. The zero-order valence-electron chi connectivity index (χ0n) is 17.8. The number of aryl methyl sites for hydroxylation is 1. The average Bonchev–Trinajstić information content (AvgIpc) is 3.46. The van der Waals surface area contributed by atoms with Crippen molar-refractivity contribution >= 4 is 11.8 Å². The van der Waals surface area contributed by atoms with Gasteiger partial charge in [-0.1, -0.05) is 39.0 Å². The number of rotatable bonds is 4. The summed E-state index contributed by atoms with van der Waals surface area (Å²) in [6.45, 7) is 2.32. The lowest BCUT2D eigenvalue weighted by molar-refractivity contribution is 0.303. The van der Waals surface area contributed by atoms with Crippen molar-refractivity contribution in [3.05, 3.63) is 64.6 Å². The van der Waals surface area contributed by atoms with Crippen LogP contribution in [0.2, 0.25) is 0 Å². The molecule has 0 spiro atoms. The molecule has 1 aliphatic carbocycles. The van der Waals surface area contributed by atoms with Crippen LogP contribution >= 0.6 is 0 Å². The summed E-state index contributed by atoms with van der Waals surface area (Å²) in [6, 6.07) is 6.45. The molecule has 29 heavy (non-hydrogen) atoms. The topological polar surface area (TPSA) is 53.2 Å². The summed E-state index contributed by atoms with van der Waals surface area (Å²) in [7, 11) is 1.72. The molecular formula is C25H33N3O. The number of nitrogens with one attached hydrogen (secondary N) is 2. The first-order valence-electron chi connectivity index (χ1n) is 11.2. The van der Waals surface area contributed by atoms with Crippen molar-refractivity contribution in [1.29, 1.82) is 0 Å². The van der Waals surface area contributed by atoms with Crippen LogP contribution in [-0.2, 0) is 11.2 Å². The Morgan fingerprint density at radius 1 is 1.17 bits per heavy atom. The molecule has 4 nitrogen and oxygen atoms in total. The molecule has 2 aliphatic rings. The maximum absolute atomic E-state index is 5.65. The fraction of sp³-hybridized carbons (Fsp3) is 0.480. The Morgan fingerprint density at radius 2 is 2.00 bits per heavy atom. The Bertz CT molecular complexity index is 899. The fourth-order valence-electron chi connectivity index (χ4n) is 4.58. The molecule has 0 fully saturated rings. The first-order chi connectivity index (χ1) is 14.3. The number of aromatic amines is 2. The Balaban J connectivity index is 1.69. The molecule has 2 bridgehead atoms. The van der Waals surface area contributed by atoms with E-state index in [0.29, 0.717) is 5.92 Å². The smallest absolute Gasteiger partial charge is 0.146 e. The number of methoxy groups -OCH3 is 1. The number of hydrogen-bond donors (Lipinski definition) is 2. The molecule has 2 aromatic rings. The van der Waals surface area contributed by atoms with Gasteiger partial charge in [-0.05, 0) is 61.4 Å². The van der Waals surface area contributed by atoms with Gasteiger partial charge in [0, 0.05) is 23.7 Å². The molecule has 1 aliphatic heterocycles. The van der Waals surface area contributed by atoms with Gasteiger partial charge in [0.25, 0.3) is 0 Å². The first-order valence-corrected chi connectivity index (χ1v) is 11.2. The van der Waals surface area contributed by atoms with Gasteiger partial charge < -0.3 is 14.7 Å². The normalized spacial score (nSPS) is 22.0. The summed E-state index contributed by atoms with van der Waals surface area (Å²) in [6.07, 6.45) is 17.8. The van der Waals surface area contributed by atoms with Crippen molar-refractivity contribution in [2.75, 3.05) is 7.11 Å². The predicted octanol–water partition coefficient (Wildman–Crippen LogP) is 6.50. The molecule has 1 unspecified atom stereocenters. The van der Waals surface area contributed by atoms with E-state index in [4.69, 9.17) is 9.73 Å². The van der Waals surface area contributed by atoms with E-state index in [-0.39, 0.29) is 0 Å². The largest absolute Gasteiger partial charge is 0.494 e. The quantitative estimate of drug-likeness (QED) is 0.614. The van der Waals surface area contributed by atoms with E-state index in [1.54, 1.807) is 7.11 Å². The number of aliphatic imine (C=N–C) groups is 1. The van der Waals surface area contributed by atoms with Gasteiger partial charge in [-0.25, -0.2) is 4.99 Å². The van der Waals surface area contributed by atoms with E-state index < -0.39 is 0 Å². The van der Waals surface area contributed by atoms with Crippen molar-refractivity contribution in [2.45, 2.75) is 70.6 Å². The molecule has 0 radical (unpaired) electrons. The second-order valence-electron chi connectivity index (χ2n) is 8.25. The van der Waals surface area contributed by atoms with E-state index in [1.807, 2.05) is 24.4 Å². The van der Waals surface area contributed by atoms with Gasteiger partial charge in [-0.2, -0.15) is 0 Å². The summed E-state index contributed by atoms with van der Waals surface area (Å²) in [5, 5.41) is 0. The van der Waals surface area contributed by atoms with Gasteiger partial charge in [0.05, 0.1) is 18.5 Å². The van der Waals surface area contributed by atoms with Crippen LogP contribution in [0.3, 0.4) is 0 Å². The summed E-state index contributed by atoms with van der Waals surface area (Å²) >= 11 is 0. The van der Waals surface area contributed by atoms with Crippen LogP contribution in [0.5, 0.6) is 0 Å². The number of ether oxygens (including phenoxy) is 1. The highest BCUT2D eigenvalue weighted by Gasteiger charge is 2.21. The summed E-state index contributed by atoms with van der Waals surface area (Å²) in [5.41, 5.74) is 6.85. The number of H-pyrrole nitrogens is 2. The molecule has 0 amide bonds. The van der Waals surface area contributed by atoms with E-state index in [9.17, 15) is 0 Å². The summed E-state index contributed by atoms with van der Waals surface area (Å²) < 4.78 is 5.65. The lowest BCUT2D eigenvalue weighted by Gasteiger charge is -2.15. The molecule has 2 aromatic heterocycles. The Morgan fingerprint density at radius 3 is 2.76 bits per heavy atom. The number of aromatic nitrogens is 2. The summed E-state index contributed by atoms with van der Waals surface area (Å²) in [4.78, 5) is 11.8. The van der Waals surface area contributed by atoms with Crippen molar-refractivity contribution in [3.8, 4) is 0 Å². The standard InChI is InChI=1S/C25H33N3O/c1-3-18-11-8-6-4-5-7-9-12-19-15-20(18)22(27-19)16-24-25(29-2)17-23(28-24)21-13-10-14-26-21/h10,13-18,26-27H,3-9,11-12H2,1-2H3/b24-16+. The SMILES string of the molecule is CCC1CCCCCCCCc2cc1c(/C=C1/N=C(c3ccc[nH]3)C=C1OC)[nH]2. The third-order valence-corrected chi connectivity index (χ3v) is 6.25. The monoisotopic (exact) mass is 391 g/mol. The molecule has 1 atom stereocenters. The molecule has 0 saturated heterocycles. The van der Waals surface area contributed by atoms with Crippen LogP contribution in [0.25, 0.3) is 6.08 Å². The minimum atomic E-state index is 0.606. The molecular weight excluding hydrogens is 358 g/mol.